The number of rotatable bonds is 4. The van der Waals surface area contributed by atoms with Crippen LogP contribution in [0, 0.1) is 17.5 Å². The van der Waals surface area contributed by atoms with Crippen LogP contribution in [0.4, 0.5) is 13.2 Å². The number of benzene rings is 2. The van der Waals surface area contributed by atoms with Gasteiger partial charge in [-0.2, -0.15) is 0 Å². The molecule has 0 fully saturated rings. The molecular formula is C14H12F3NS. The van der Waals surface area contributed by atoms with E-state index in [1.165, 1.54) is 36.0 Å². The Balaban J connectivity index is 2.05. The number of nitrogens with two attached hydrogens (primary N) is 1. The van der Waals surface area contributed by atoms with Gasteiger partial charge in [0, 0.05) is 22.3 Å². The fourth-order valence-electron chi connectivity index (χ4n) is 1.64. The van der Waals surface area contributed by atoms with Crippen molar-refractivity contribution in [1.29, 1.82) is 0 Å². The minimum absolute atomic E-state index is 0.129. The van der Waals surface area contributed by atoms with Crippen LogP contribution in [-0.2, 0) is 0 Å². The molecule has 1 nitrogen and oxygen atoms in total. The lowest BCUT2D eigenvalue weighted by Crippen LogP contribution is -2.15. The molecule has 0 amide bonds. The third kappa shape index (κ3) is 3.52. The molecule has 0 aliphatic carbocycles. The number of halogens is 3. The van der Waals surface area contributed by atoms with Gasteiger partial charge in [-0.15, -0.1) is 11.8 Å². The summed E-state index contributed by atoms with van der Waals surface area (Å²) < 4.78 is 39.6. The van der Waals surface area contributed by atoms with Gasteiger partial charge in [0.25, 0.3) is 0 Å². The van der Waals surface area contributed by atoms with E-state index >= 15 is 0 Å². The number of hydrogen-bond donors (Lipinski definition) is 1. The van der Waals surface area contributed by atoms with Gasteiger partial charge in [-0.25, -0.2) is 13.2 Å². The van der Waals surface area contributed by atoms with Crippen molar-refractivity contribution in [1.82, 2.24) is 0 Å². The van der Waals surface area contributed by atoms with E-state index in [2.05, 4.69) is 0 Å². The molecule has 0 aliphatic heterocycles. The van der Waals surface area contributed by atoms with Gasteiger partial charge < -0.3 is 5.73 Å². The maximum Gasteiger partial charge on any atom is 0.163 e. The second-order valence-electron chi connectivity index (χ2n) is 4.02. The van der Waals surface area contributed by atoms with E-state index in [1.807, 2.05) is 0 Å². The monoisotopic (exact) mass is 283 g/mol. The van der Waals surface area contributed by atoms with Crippen LogP contribution in [-0.4, -0.2) is 5.75 Å². The topological polar surface area (TPSA) is 26.0 Å². The average molecular weight is 283 g/mol. The molecule has 5 heteroatoms. The maximum atomic E-state index is 13.5. The van der Waals surface area contributed by atoms with Crippen LogP contribution in [0.15, 0.2) is 47.4 Å². The van der Waals surface area contributed by atoms with Crippen LogP contribution in [0.2, 0.25) is 0 Å². The lowest BCUT2D eigenvalue weighted by Gasteiger charge is -2.13. The van der Waals surface area contributed by atoms with Gasteiger partial charge in [0.1, 0.15) is 5.82 Å². The molecule has 19 heavy (non-hydrogen) atoms. The predicted molar refractivity (Wildman–Crippen MR) is 70.4 cm³/mol. The highest BCUT2D eigenvalue weighted by Gasteiger charge is 2.14. The van der Waals surface area contributed by atoms with Crippen LogP contribution in [0.25, 0.3) is 0 Å². The van der Waals surface area contributed by atoms with Crippen molar-refractivity contribution in [3.8, 4) is 0 Å². The van der Waals surface area contributed by atoms with Crippen LogP contribution in [0.1, 0.15) is 11.6 Å². The van der Waals surface area contributed by atoms with Gasteiger partial charge in [-0.3, -0.25) is 0 Å². The van der Waals surface area contributed by atoms with Crippen molar-refractivity contribution in [2.75, 3.05) is 5.75 Å². The first kappa shape index (κ1) is 14.0. The first-order chi connectivity index (χ1) is 9.08. The Morgan fingerprint density at radius 3 is 2.53 bits per heavy atom. The minimum atomic E-state index is -0.921. The fraction of sp³-hybridized carbons (Fsp3) is 0.143. The molecule has 2 N–H and O–H groups in total. The molecule has 100 valence electrons. The first-order valence-electron chi connectivity index (χ1n) is 5.66. The van der Waals surface area contributed by atoms with Gasteiger partial charge in [0.2, 0.25) is 0 Å². The molecule has 0 saturated heterocycles. The van der Waals surface area contributed by atoms with Gasteiger partial charge in [0.15, 0.2) is 11.6 Å². The summed E-state index contributed by atoms with van der Waals surface area (Å²) in [6.45, 7) is 0. The van der Waals surface area contributed by atoms with Gasteiger partial charge in [0.05, 0.1) is 0 Å². The Kier molecular flexibility index (Phi) is 4.50. The summed E-state index contributed by atoms with van der Waals surface area (Å²) in [5.74, 6) is -1.84. The van der Waals surface area contributed by atoms with Crippen molar-refractivity contribution in [2.45, 2.75) is 10.9 Å². The highest BCUT2D eigenvalue weighted by atomic mass is 32.2. The molecule has 2 rings (SSSR count). The van der Waals surface area contributed by atoms with Crippen molar-refractivity contribution < 1.29 is 13.2 Å². The fourth-order valence-corrected chi connectivity index (χ4v) is 2.56. The molecule has 0 bridgehead atoms. The Morgan fingerprint density at radius 2 is 1.79 bits per heavy atom. The molecule has 0 heterocycles. The first-order valence-corrected chi connectivity index (χ1v) is 6.64. The highest BCUT2D eigenvalue weighted by molar-refractivity contribution is 7.99. The molecule has 1 atom stereocenters. The summed E-state index contributed by atoms with van der Waals surface area (Å²) in [6, 6.07) is 9.31. The molecule has 0 saturated carbocycles. The quantitative estimate of drug-likeness (QED) is 0.861. The van der Waals surface area contributed by atoms with Crippen LogP contribution in [0.5, 0.6) is 0 Å². The zero-order valence-corrected chi connectivity index (χ0v) is 10.8. The Bertz CT molecular complexity index is 574. The maximum absolute atomic E-state index is 13.5. The van der Waals surface area contributed by atoms with Crippen LogP contribution < -0.4 is 5.73 Å². The highest BCUT2D eigenvalue weighted by Crippen LogP contribution is 2.25. The van der Waals surface area contributed by atoms with Gasteiger partial charge >= 0.3 is 0 Å². The Morgan fingerprint density at radius 1 is 1.05 bits per heavy atom. The van der Waals surface area contributed by atoms with Crippen LogP contribution in [0.3, 0.4) is 0 Å². The van der Waals surface area contributed by atoms with Crippen molar-refractivity contribution >= 4 is 11.8 Å². The summed E-state index contributed by atoms with van der Waals surface area (Å²) in [7, 11) is 0. The normalized spacial score (nSPS) is 12.4. The third-order valence-electron chi connectivity index (χ3n) is 2.61. The Labute approximate surface area is 113 Å². The average Bonchev–Trinajstić information content (AvgIpc) is 2.39. The molecule has 2 aromatic carbocycles. The molecule has 0 aliphatic rings. The van der Waals surface area contributed by atoms with E-state index in [-0.39, 0.29) is 11.4 Å². The summed E-state index contributed by atoms with van der Waals surface area (Å²) >= 11 is 1.30. The Hall–Kier alpha value is -1.46. The zero-order chi connectivity index (χ0) is 13.8. The van der Waals surface area contributed by atoms with Crippen molar-refractivity contribution in [2.24, 2.45) is 5.73 Å². The van der Waals surface area contributed by atoms with Crippen molar-refractivity contribution in [3.63, 3.8) is 0 Å². The lowest BCUT2D eigenvalue weighted by atomic mass is 10.1. The van der Waals surface area contributed by atoms with Gasteiger partial charge in [-0.05, 0) is 24.3 Å². The molecule has 2 aromatic rings. The zero-order valence-electron chi connectivity index (χ0n) is 9.95. The van der Waals surface area contributed by atoms with Crippen molar-refractivity contribution in [3.05, 3.63) is 65.5 Å². The number of thioether (sulfide) groups is 1. The van der Waals surface area contributed by atoms with E-state index in [4.69, 9.17) is 5.73 Å². The van der Waals surface area contributed by atoms with E-state index in [9.17, 15) is 13.2 Å². The SMILES string of the molecule is NC(CSc1cccc(F)c1)c1cccc(F)c1F. The minimum Gasteiger partial charge on any atom is -0.323 e. The second-order valence-corrected chi connectivity index (χ2v) is 5.11. The van der Waals surface area contributed by atoms with E-state index in [0.717, 1.165) is 6.07 Å². The second kappa shape index (κ2) is 6.12. The summed E-state index contributed by atoms with van der Waals surface area (Å²) in [4.78, 5) is 0.701. The molecule has 0 aromatic heterocycles. The molecule has 1 unspecified atom stereocenters. The molecular weight excluding hydrogens is 271 g/mol. The molecule has 0 radical (unpaired) electrons. The standard InChI is InChI=1S/C14H12F3NS/c15-9-3-1-4-10(7-9)19-8-13(18)11-5-2-6-12(16)14(11)17/h1-7,13H,8,18H2. The predicted octanol–water partition coefficient (Wildman–Crippen LogP) is 3.90. The summed E-state index contributed by atoms with van der Waals surface area (Å²) in [6.07, 6.45) is 0. The largest absolute Gasteiger partial charge is 0.323 e. The smallest absolute Gasteiger partial charge is 0.163 e. The molecule has 0 spiro atoms. The summed E-state index contributed by atoms with van der Waals surface area (Å²) in [5, 5.41) is 0. The van der Waals surface area contributed by atoms with Gasteiger partial charge in [-0.1, -0.05) is 18.2 Å². The van der Waals surface area contributed by atoms with E-state index in [0.29, 0.717) is 10.6 Å². The van der Waals surface area contributed by atoms with E-state index in [1.54, 1.807) is 12.1 Å². The lowest BCUT2D eigenvalue weighted by molar-refractivity contribution is 0.493. The van der Waals surface area contributed by atoms with Crippen LogP contribution >= 0.6 is 11.8 Å². The number of hydrogen-bond acceptors (Lipinski definition) is 2. The van der Waals surface area contributed by atoms with E-state index < -0.39 is 17.7 Å². The third-order valence-corrected chi connectivity index (χ3v) is 3.72. The summed E-state index contributed by atoms with van der Waals surface area (Å²) in [5.41, 5.74) is 5.96.